The molecule has 5 nitrogen and oxygen atoms in total. The molecule has 1 aliphatic carbocycles. The van der Waals surface area contributed by atoms with Crippen molar-refractivity contribution >= 4 is 15.9 Å². The third-order valence-electron chi connectivity index (χ3n) is 5.59. The zero-order valence-corrected chi connectivity index (χ0v) is 16.4. The maximum Gasteiger partial charge on any atom is 0.243 e. The van der Waals surface area contributed by atoms with E-state index in [9.17, 15) is 13.2 Å². The van der Waals surface area contributed by atoms with Crippen LogP contribution in [0.25, 0.3) is 0 Å². The maximum absolute atomic E-state index is 13.1. The van der Waals surface area contributed by atoms with Gasteiger partial charge in [0.1, 0.15) is 0 Å². The fraction of sp³-hybridized carbons (Fsp3) is 0.650. The fourth-order valence-electron chi connectivity index (χ4n) is 4.09. The van der Waals surface area contributed by atoms with E-state index < -0.39 is 10.0 Å². The van der Waals surface area contributed by atoms with Gasteiger partial charge in [-0.25, -0.2) is 8.42 Å². The fourth-order valence-corrected chi connectivity index (χ4v) is 5.78. The summed E-state index contributed by atoms with van der Waals surface area (Å²) in [5, 5.41) is 3.12. The molecule has 26 heavy (non-hydrogen) atoms. The van der Waals surface area contributed by atoms with Crippen molar-refractivity contribution in [1.82, 2.24) is 9.62 Å². The van der Waals surface area contributed by atoms with E-state index in [0.29, 0.717) is 11.4 Å². The molecule has 0 spiro atoms. The summed E-state index contributed by atoms with van der Waals surface area (Å²) in [4.78, 5) is 12.8. The zero-order valence-electron chi connectivity index (χ0n) is 15.6. The largest absolute Gasteiger partial charge is 0.353 e. The number of sulfonamides is 1. The standard InChI is InChI=1S/C20H30N2O3S/c1-16-10-12-19(13-11-16)26(24,25)22-14-6-5-9-18(22)15-20(23)21-17-7-3-2-4-8-17/h10-13,17-18H,2-9,14-15H2,1H3,(H,21,23)/t18-/m1/s1. The lowest BCUT2D eigenvalue weighted by Crippen LogP contribution is -2.47. The molecular weight excluding hydrogens is 348 g/mol. The van der Waals surface area contributed by atoms with Gasteiger partial charge in [-0.05, 0) is 44.7 Å². The predicted molar refractivity (Wildman–Crippen MR) is 102 cm³/mol. The minimum absolute atomic E-state index is 0.00657. The highest BCUT2D eigenvalue weighted by Crippen LogP contribution is 2.27. The average Bonchev–Trinajstić information content (AvgIpc) is 2.63. The first-order chi connectivity index (χ1) is 12.5. The molecule has 1 saturated carbocycles. The summed E-state index contributed by atoms with van der Waals surface area (Å²) >= 11 is 0. The van der Waals surface area contributed by atoms with E-state index in [0.717, 1.165) is 37.7 Å². The first-order valence-corrected chi connectivity index (χ1v) is 11.3. The second-order valence-electron chi connectivity index (χ2n) is 7.68. The van der Waals surface area contributed by atoms with Gasteiger partial charge in [-0.3, -0.25) is 4.79 Å². The van der Waals surface area contributed by atoms with Crippen LogP contribution in [0.4, 0.5) is 0 Å². The number of benzene rings is 1. The van der Waals surface area contributed by atoms with Gasteiger partial charge in [-0.1, -0.05) is 43.4 Å². The highest BCUT2D eigenvalue weighted by Gasteiger charge is 2.34. The smallest absolute Gasteiger partial charge is 0.243 e. The van der Waals surface area contributed by atoms with Crippen LogP contribution < -0.4 is 5.32 Å². The molecule has 2 fully saturated rings. The van der Waals surface area contributed by atoms with Crippen LogP contribution in [0.5, 0.6) is 0 Å². The summed E-state index contributed by atoms with van der Waals surface area (Å²) in [5.41, 5.74) is 1.03. The number of nitrogens with zero attached hydrogens (tertiary/aromatic N) is 1. The van der Waals surface area contributed by atoms with Gasteiger partial charge in [0.15, 0.2) is 0 Å². The Morgan fingerprint density at radius 3 is 2.38 bits per heavy atom. The van der Waals surface area contributed by atoms with Gasteiger partial charge in [-0.15, -0.1) is 0 Å². The Labute approximate surface area is 157 Å². The maximum atomic E-state index is 13.1. The van der Waals surface area contributed by atoms with Crippen LogP contribution in [0.1, 0.15) is 63.4 Å². The molecule has 0 aromatic heterocycles. The summed E-state index contributed by atoms with van der Waals surface area (Å²) in [6.45, 7) is 2.44. The van der Waals surface area contributed by atoms with Crippen LogP contribution in [-0.2, 0) is 14.8 Å². The number of amides is 1. The van der Waals surface area contributed by atoms with Gasteiger partial charge in [0.2, 0.25) is 15.9 Å². The summed E-state index contributed by atoms with van der Waals surface area (Å²) in [6, 6.07) is 7.00. The van der Waals surface area contributed by atoms with Crippen LogP contribution in [0, 0.1) is 6.92 Å². The molecule has 1 N–H and O–H groups in total. The molecule has 1 heterocycles. The summed E-state index contributed by atoms with van der Waals surface area (Å²) in [7, 11) is -3.55. The molecule has 0 unspecified atom stereocenters. The van der Waals surface area contributed by atoms with Crippen molar-refractivity contribution in [2.24, 2.45) is 0 Å². The van der Waals surface area contributed by atoms with Crippen molar-refractivity contribution in [3.8, 4) is 0 Å². The zero-order chi connectivity index (χ0) is 18.6. The normalized spacial score (nSPS) is 22.9. The van der Waals surface area contributed by atoms with Gasteiger partial charge >= 0.3 is 0 Å². The van der Waals surface area contributed by atoms with E-state index in [1.54, 1.807) is 16.4 Å². The van der Waals surface area contributed by atoms with Crippen molar-refractivity contribution in [2.75, 3.05) is 6.54 Å². The van der Waals surface area contributed by atoms with Gasteiger partial charge in [0, 0.05) is 25.0 Å². The quantitative estimate of drug-likeness (QED) is 0.854. The topological polar surface area (TPSA) is 66.5 Å². The minimum atomic E-state index is -3.55. The van der Waals surface area contributed by atoms with Crippen molar-refractivity contribution in [2.45, 2.75) is 81.7 Å². The van der Waals surface area contributed by atoms with E-state index in [1.165, 1.54) is 19.3 Å². The summed E-state index contributed by atoms with van der Waals surface area (Å²) in [6.07, 6.45) is 8.52. The lowest BCUT2D eigenvalue weighted by molar-refractivity contribution is -0.123. The van der Waals surface area contributed by atoms with Crippen LogP contribution >= 0.6 is 0 Å². The lowest BCUT2D eigenvalue weighted by Gasteiger charge is -2.35. The van der Waals surface area contributed by atoms with Crippen molar-refractivity contribution in [3.05, 3.63) is 29.8 Å². The Morgan fingerprint density at radius 2 is 1.69 bits per heavy atom. The summed E-state index contributed by atoms with van der Waals surface area (Å²) < 4.78 is 27.7. The number of carbonyl (C=O) groups excluding carboxylic acids is 1. The van der Waals surface area contributed by atoms with Gasteiger partial charge in [0.05, 0.1) is 4.90 Å². The van der Waals surface area contributed by atoms with Crippen LogP contribution in [-0.4, -0.2) is 37.3 Å². The second-order valence-corrected chi connectivity index (χ2v) is 9.58. The molecule has 1 aromatic rings. The highest BCUT2D eigenvalue weighted by atomic mass is 32.2. The molecule has 6 heteroatoms. The van der Waals surface area contributed by atoms with Crippen molar-refractivity contribution in [3.63, 3.8) is 0 Å². The van der Waals surface area contributed by atoms with Crippen LogP contribution in [0.15, 0.2) is 29.2 Å². The Morgan fingerprint density at radius 1 is 1.04 bits per heavy atom. The third-order valence-corrected chi connectivity index (χ3v) is 7.56. The first kappa shape index (κ1) is 19.4. The van der Waals surface area contributed by atoms with Gasteiger partial charge < -0.3 is 5.32 Å². The number of nitrogens with one attached hydrogen (secondary N) is 1. The van der Waals surface area contributed by atoms with E-state index in [1.807, 2.05) is 19.1 Å². The molecule has 1 saturated heterocycles. The van der Waals surface area contributed by atoms with Gasteiger partial charge in [-0.2, -0.15) is 4.31 Å². The molecule has 1 atom stereocenters. The average molecular weight is 379 g/mol. The number of piperidine rings is 1. The van der Waals surface area contributed by atoms with E-state index in [4.69, 9.17) is 0 Å². The predicted octanol–water partition coefficient (Wildman–Crippen LogP) is 3.38. The van der Waals surface area contributed by atoms with Crippen molar-refractivity contribution in [1.29, 1.82) is 0 Å². The van der Waals surface area contributed by atoms with Gasteiger partial charge in [0.25, 0.3) is 0 Å². The molecule has 2 aliphatic rings. The molecule has 0 bridgehead atoms. The second kappa shape index (κ2) is 8.53. The molecule has 144 valence electrons. The Hall–Kier alpha value is -1.40. The molecule has 0 radical (unpaired) electrons. The molecule has 1 aromatic carbocycles. The monoisotopic (exact) mass is 378 g/mol. The Kier molecular flexibility index (Phi) is 6.35. The SMILES string of the molecule is Cc1ccc(S(=O)(=O)N2CCCC[C@@H]2CC(=O)NC2CCCCC2)cc1. The van der Waals surface area contributed by atoms with E-state index in [2.05, 4.69) is 5.32 Å². The van der Waals surface area contributed by atoms with E-state index >= 15 is 0 Å². The highest BCUT2D eigenvalue weighted by molar-refractivity contribution is 7.89. The molecular formula is C20H30N2O3S. The summed E-state index contributed by atoms with van der Waals surface area (Å²) in [5.74, 6) is -0.00657. The number of carbonyl (C=O) groups is 1. The Bertz CT molecular complexity index is 709. The molecule has 3 rings (SSSR count). The van der Waals surface area contributed by atoms with E-state index in [-0.39, 0.29) is 24.4 Å². The molecule has 1 amide bonds. The number of rotatable bonds is 5. The minimum Gasteiger partial charge on any atom is -0.353 e. The number of aryl methyl sites for hydroxylation is 1. The van der Waals surface area contributed by atoms with Crippen molar-refractivity contribution < 1.29 is 13.2 Å². The first-order valence-electron chi connectivity index (χ1n) is 9.85. The Balaban J connectivity index is 1.68. The third kappa shape index (κ3) is 4.65. The lowest BCUT2D eigenvalue weighted by atomic mass is 9.95. The number of hydrogen-bond acceptors (Lipinski definition) is 3. The molecule has 1 aliphatic heterocycles. The van der Waals surface area contributed by atoms with Crippen LogP contribution in [0.2, 0.25) is 0 Å². The number of hydrogen-bond donors (Lipinski definition) is 1. The van der Waals surface area contributed by atoms with Crippen LogP contribution in [0.3, 0.4) is 0 Å².